The summed E-state index contributed by atoms with van der Waals surface area (Å²) in [5.41, 5.74) is 0.301. The summed E-state index contributed by atoms with van der Waals surface area (Å²) in [5.74, 6) is 0.159. The minimum absolute atomic E-state index is 0. The van der Waals surface area contributed by atoms with Crippen LogP contribution in [0.5, 0.6) is 0 Å². The second-order valence-electron chi connectivity index (χ2n) is 4.58. The first-order chi connectivity index (χ1) is 9.52. The number of benzene rings is 1. The Morgan fingerprint density at radius 1 is 1.17 bits per heavy atom. The molecule has 0 aromatic heterocycles. The highest BCUT2D eigenvalue weighted by Crippen LogP contribution is 2.21. The molecule has 1 aromatic rings. The van der Waals surface area contributed by atoms with Crippen LogP contribution in [-0.4, -0.2) is 35.8 Å². The van der Waals surface area contributed by atoms with Crippen LogP contribution in [0.25, 0.3) is 0 Å². The van der Waals surface area contributed by atoms with Crippen molar-refractivity contribution in [3.05, 3.63) is 29.8 Å². The lowest BCUT2D eigenvalue weighted by molar-refractivity contribution is -0.119. The first-order valence-corrected chi connectivity index (χ1v) is 7.50. The second-order valence-corrected chi connectivity index (χ2v) is 5.75. The third-order valence-corrected chi connectivity index (χ3v) is 3.99. The molecule has 0 saturated carbocycles. The molecule has 5 heteroatoms. The van der Waals surface area contributed by atoms with Gasteiger partial charge >= 0.3 is 5.97 Å². The number of rotatable bonds is 9. The van der Waals surface area contributed by atoms with E-state index >= 15 is 0 Å². The zero-order valence-corrected chi connectivity index (χ0v) is 12.6. The van der Waals surface area contributed by atoms with Crippen molar-refractivity contribution in [2.24, 2.45) is 0 Å². The first-order valence-electron chi connectivity index (χ1n) is 6.51. The van der Waals surface area contributed by atoms with Crippen molar-refractivity contribution in [2.75, 3.05) is 12.9 Å². The van der Waals surface area contributed by atoms with E-state index in [0.29, 0.717) is 12.0 Å². The number of thioether (sulfide) groups is 1. The van der Waals surface area contributed by atoms with Crippen LogP contribution in [-0.2, 0) is 9.53 Å². The van der Waals surface area contributed by atoms with Crippen LogP contribution in [0, 0.1) is 0 Å². The van der Waals surface area contributed by atoms with Crippen LogP contribution < -0.4 is 0 Å². The molecule has 1 N–H and O–H groups in total. The largest absolute Gasteiger partial charge is 0.478 e. The zero-order chi connectivity index (χ0) is 15.0. The Labute approximate surface area is 145 Å². The minimum atomic E-state index is -0.909. The van der Waals surface area contributed by atoms with Gasteiger partial charge in [0.05, 0.1) is 11.7 Å². The first kappa shape index (κ1) is 26.6. The molecule has 0 amide bonds. The summed E-state index contributed by atoms with van der Waals surface area (Å²) in [6, 6.07) is 6.85. The molecule has 1 aromatic carbocycles. The molecule has 0 radical (unpaired) electrons. The number of ketones is 1. The molecule has 0 spiro atoms. The lowest BCUT2D eigenvalue weighted by Gasteiger charge is -2.13. The van der Waals surface area contributed by atoms with Gasteiger partial charge in [-0.25, -0.2) is 4.79 Å². The lowest BCUT2D eigenvalue weighted by atomic mass is 10.1. The van der Waals surface area contributed by atoms with Gasteiger partial charge in [-0.05, 0) is 49.8 Å². The summed E-state index contributed by atoms with van der Waals surface area (Å²) in [5, 5.41) is 8.80. The fourth-order valence-electron chi connectivity index (χ4n) is 1.82. The molecule has 1 rings (SSSR count). The van der Waals surface area contributed by atoms with Gasteiger partial charge < -0.3 is 9.84 Å². The van der Waals surface area contributed by atoms with Crippen molar-refractivity contribution in [1.82, 2.24) is 0 Å². The van der Waals surface area contributed by atoms with Gasteiger partial charge in [-0.3, -0.25) is 4.79 Å². The van der Waals surface area contributed by atoms with Crippen LogP contribution in [0.15, 0.2) is 29.2 Å². The van der Waals surface area contributed by atoms with Crippen LogP contribution in [0.3, 0.4) is 0 Å². The monoisotopic (exact) mass is 344 g/mol. The highest BCUT2D eigenvalue weighted by atomic mass is 32.2. The van der Waals surface area contributed by atoms with Gasteiger partial charge in [0.15, 0.2) is 0 Å². The molecular weight excluding hydrogens is 312 g/mol. The summed E-state index contributed by atoms with van der Waals surface area (Å²) in [4.78, 5) is 22.8. The number of carboxylic acids is 1. The molecule has 0 aliphatic heterocycles. The molecule has 4 nitrogen and oxygen atoms in total. The van der Waals surface area contributed by atoms with Gasteiger partial charge in [0.2, 0.25) is 0 Å². The SMILES string of the molecule is C.C.C.COC(CCCSc1ccc(C(=O)O)cc1)CC(C)=O. The van der Waals surface area contributed by atoms with Crippen molar-refractivity contribution in [3.8, 4) is 0 Å². The molecule has 1 atom stereocenters. The van der Waals surface area contributed by atoms with Crippen molar-refractivity contribution >= 4 is 23.5 Å². The highest BCUT2D eigenvalue weighted by Gasteiger charge is 2.09. The number of Topliss-reactive ketones (excluding diaryl/α,β-unsaturated/α-hetero) is 1. The number of ether oxygens (including phenoxy) is 1. The summed E-state index contributed by atoms with van der Waals surface area (Å²) < 4.78 is 5.26. The topological polar surface area (TPSA) is 63.6 Å². The van der Waals surface area contributed by atoms with Crippen LogP contribution >= 0.6 is 11.8 Å². The number of carboxylic acid groups (broad SMARTS) is 1. The second kappa shape index (κ2) is 14.3. The quantitative estimate of drug-likeness (QED) is 0.495. The van der Waals surface area contributed by atoms with Crippen LogP contribution in [0.4, 0.5) is 0 Å². The number of carbonyl (C=O) groups excluding carboxylic acids is 1. The molecule has 0 bridgehead atoms. The van der Waals surface area contributed by atoms with Gasteiger partial charge in [-0.1, -0.05) is 22.3 Å². The molecule has 0 aliphatic carbocycles. The summed E-state index contributed by atoms with van der Waals surface area (Å²) in [6.07, 6.45) is 2.28. The normalized spacial score (nSPS) is 10.5. The predicted octanol–water partition coefficient (Wildman–Crippen LogP) is 5.16. The van der Waals surface area contributed by atoms with E-state index in [1.54, 1.807) is 37.9 Å². The zero-order valence-electron chi connectivity index (χ0n) is 11.8. The Balaban J connectivity index is -0.00000133. The van der Waals surface area contributed by atoms with Gasteiger partial charge in [0.25, 0.3) is 0 Å². The van der Waals surface area contributed by atoms with Crippen molar-refractivity contribution in [2.45, 2.75) is 59.5 Å². The van der Waals surface area contributed by atoms with E-state index in [1.165, 1.54) is 0 Å². The average Bonchev–Trinajstić information content (AvgIpc) is 2.42. The van der Waals surface area contributed by atoms with Crippen LogP contribution in [0.2, 0.25) is 0 Å². The Morgan fingerprint density at radius 2 is 1.74 bits per heavy atom. The number of hydrogen-bond donors (Lipinski definition) is 1. The van der Waals surface area contributed by atoms with E-state index in [0.717, 1.165) is 23.5 Å². The molecule has 1 unspecified atom stereocenters. The predicted molar refractivity (Wildman–Crippen MR) is 99.6 cm³/mol. The van der Waals surface area contributed by atoms with E-state index in [-0.39, 0.29) is 34.2 Å². The van der Waals surface area contributed by atoms with Gasteiger partial charge in [0.1, 0.15) is 5.78 Å². The molecule has 0 aliphatic rings. The average molecular weight is 345 g/mol. The Bertz CT molecular complexity index is 443. The molecule has 0 saturated heterocycles. The van der Waals surface area contributed by atoms with Gasteiger partial charge in [0, 0.05) is 18.4 Å². The van der Waals surface area contributed by atoms with E-state index in [2.05, 4.69) is 0 Å². The molecule has 0 fully saturated rings. The Kier molecular flexibility index (Phi) is 16.5. The van der Waals surface area contributed by atoms with Crippen molar-refractivity contribution < 1.29 is 19.4 Å². The standard InChI is InChI=1S/C15H20O4S.3CH4/c1-11(16)10-13(19-2)4-3-9-20-14-7-5-12(6-8-14)15(17)18;;;/h5-8,13H,3-4,9-10H2,1-2H3,(H,17,18);3*1H4. The van der Waals surface area contributed by atoms with Crippen molar-refractivity contribution in [1.29, 1.82) is 0 Å². The highest BCUT2D eigenvalue weighted by molar-refractivity contribution is 7.99. The number of aromatic carboxylic acids is 1. The van der Waals surface area contributed by atoms with E-state index in [9.17, 15) is 9.59 Å². The fraction of sp³-hybridized carbons (Fsp3) is 0.556. The number of carbonyl (C=O) groups is 2. The van der Waals surface area contributed by atoms with Crippen molar-refractivity contribution in [3.63, 3.8) is 0 Å². The molecule has 134 valence electrons. The maximum absolute atomic E-state index is 11.0. The van der Waals surface area contributed by atoms with E-state index < -0.39 is 5.97 Å². The minimum Gasteiger partial charge on any atom is -0.478 e. The molecule has 23 heavy (non-hydrogen) atoms. The number of methoxy groups -OCH3 is 1. The van der Waals surface area contributed by atoms with Gasteiger partial charge in [-0.2, -0.15) is 0 Å². The molecule has 0 heterocycles. The third-order valence-electron chi connectivity index (χ3n) is 2.89. The third kappa shape index (κ3) is 10.9. The number of hydrogen-bond acceptors (Lipinski definition) is 4. The van der Waals surface area contributed by atoms with Crippen LogP contribution in [0.1, 0.15) is 58.8 Å². The van der Waals surface area contributed by atoms with E-state index in [1.807, 2.05) is 12.1 Å². The summed E-state index contributed by atoms with van der Waals surface area (Å²) in [6.45, 7) is 1.57. The molecular formula is C18H32O4S. The smallest absolute Gasteiger partial charge is 0.335 e. The maximum atomic E-state index is 11.0. The fourth-order valence-corrected chi connectivity index (χ4v) is 2.69. The van der Waals surface area contributed by atoms with E-state index in [4.69, 9.17) is 9.84 Å². The van der Waals surface area contributed by atoms with Gasteiger partial charge in [-0.15, -0.1) is 11.8 Å². The Hall–Kier alpha value is -1.33. The lowest BCUT2D eigenvalue weighted by Crippen LogP contribution is -2.14. The Morgan fingerprint density at radius 3 is 2.17 bits per heavy atom. The summed E-state index contributed by atoms with van der Waals surface area (Å²) >= 11 is 1.68. The maximum Gasteiger partial charge on any atom is 0.335 e. The summed E-state index contributed by atoms with van der Waals surface area (Å²) in [7, 11) is 1.63.